The first-order valence-electron chi connectivity index (χ1n) is 9.02. The van der Waals surface area contributed by atoms with Crippen LogP contribution in [0, 0.1) is 6.92 Å². The molecule has 8 heteroatoms. The first kappa shape index (κ1) is 18.4. The Hall–Kier alpha value is -3.94. The maximum absolute atomic E-state index is 12.3. The number of aryl methyl sites for hydroxylation is 1. The Bertz CT molecular complexity index is 1290. The molecule has 2 heterocycles. The molecule has 0 unspecified atom stereocenters. The van der Waals surface area contributed by atoms with Crippen molar-refractivity contribution in [2.75, 3.05) is 6.61 Å². The van der Waals surface area contributed by atoms with Crippen LogP contribution in [-0.4, -0.2) is 37.6 Å². The number of hydrogen-bond acceptors (Lipinski definition) is 5. The third kappa shape index (κ3) is 3.47. The SMILES string of the molecule is CCOc1cc(-c2cc(C)cc(C(=O)O)c2)ccc1-c1nc2nc[nH]c2c(=O)[nH]1. The van der Waals surface area contributed by atoms with E-state index in [1.165, 1.54) is 6.33 Å². The molecular weight excluding hydrogens is 372 g/mol. The molecule has 3 N–H and O–H groups in total. The lowest BCUT2D eigenvalue weighted by Gasteiger charge is -2.13. The molecule has 0 bridgehead atoms. The number of aromatic carboxylic acids is 1. The standard InChI is InChI=1S/C21H18N4O4/c1-3-29-16-9-12(13-6-11(2)7-14(8-13)21(27)28)4-5-15(16)18-24-19-17(20(26)25-18)22-10-23-19/h4-10H,3H2,1-2H3,(H,27,28)(H2,22,23,24,25,26). The molecule has 0 aliphatic heterocycles. The number of nitrogens with one attached hydrogen (secondary N) is 2. The molecule has 0 atom stereocenters. The van der Waals surface area contributed by atoms with E-state index in [0.29, 0.717) is 34.9 Å². The average molecular weight is 390 g/mol. The van der Waals surface area contributed by atoms with Gasteiger partial charge in [0.2, 0.25) is 0 Å². The summed E-state index contributed by atoms with van der Waals surface area (Å²) in [6.45, 7) is 4.12. The molecule has 0 amide bonds. The summed E-state index contributed by atoms with van der Waals surface area (Å²) in [4.78, 5) is 37.6. The molecule has 2 aromatic heterocycles. The quantitative estimate of drug-likeness (QED) is 0.480. The Morgan fingerprint density at radius 1 is 1.17 bits per heavy atom. The third-order valence-corrected chi connectivity index (χ3v) is 4.49. The van der Waals surface area contributed by atoms with E-state index in [1.807, 2.05) is 32.0 Å². The fraction of sp³-hybridized carbons (Fsp3) is 0.143. The van der Waals surface area contributed by atoms with Crippen molar-refractivity contribution in [3.63, 3.8) is 0 Å². The number of ether oxygens (including phenoxy) is 1. The summed E-state index contributed by atoms with van der Waals surface area (Å²) in [7, 11) is 0. The second-order valence-electron chi connectivity index (χ2n) is 6.55. The molecule has 146 valence electrons. The van der Waals surface area contributed by atoms with E-state index in [-0.39, 0.29) is 11.1 Å². The summed E-state index contributed by atoms with van der Waals surface area (Å²) in [5.74, 6) is -0.104. The summed E-state index contributed by atoms with van der Waals surface area (Å²) >= 11 is 0. The largest absolute Gasteiger partial charge is 0.493 e. The van der Waals surface area contributed by atoms with Gasteiger partial charge < -0.3 is 19.8 Å². The van der Waals surface area contributed by atoms with Crippen LogP contribution in [0.3, 0.4) is 0 Å². The summed E-state index contributed by atoms with van der Waals surface area (Å²) in [5.41, 5.74) is 3.55. The van der Waals surface area contributed by atoms with Gasteiger partial charge in [-0.15, -0.1) is 0 Å². The molecule has 0 saturated carbocycles. The zero-order valence-electron chi connectivity index (χ0n) is 15.8. The van der Waals surface area contributed by atoms with E-state index < -0.39 is 5.97 Å². The molecule has 8 nitrogen and oxygen atoms in total. The van der Waals surface area contributed by atoms with Gasteiger partial charge in [-0.05, 0) is 54.8 Å². The summed E-state index contributed by atoms with van der Waals surface area (Å²) in [6.07, 6.45) is 1.42. The molecule has 0 spiro atoms. The van der Waals surface area contributed by atoms with Crippen molar-refractivity contribution in [2.24, 2.45) is 0 Å². The molecule has 0 fully saturated rings. The van der Waals surface area contributed by atoms with Gasteiger partial charge in [0.1, 0.15) is 11.6 Å². The van der Waals surface area contributed by atoms with Gasteiger partial charge in [0.15, 0.2) is 11.2 Å². The van der Waals surface area contributed by atoms with Gasteiger partial charge in [0.05, 0.1) is 24.1 Å². The van der Waals surface area contributed by atoms with E-state index in [4.69, 9.17) is 4.74 Å². The Balaban J connectivity index is 1.85. The Labute approximate surface area is 165 Å². The van der Waals surface area contributed by atoms with Crippen molar-refractivity contribution in [1.29, 1.82) is 0 Å². The minimum Gasteiger partial charge on any atom is -0.493 e. The molecule has 2 aromatic carbocycles. The highest BCUT2D eigenvalue weighted by atomic mass is 16.5. The number of fused-ring (bicyclic) bond motifs is 1. The number of carbonyl (C=O) groups is 1. The van der Waals surface area contributed by atoms with E-state index in [1.54, 1.807) is 18.2 Å². The summed E-state index contributed by atoms with van der Waals surface area (Å²) in [6, 6.07) is 10.6. The molecule has 4 rings (SSSR count). The topological polar surface area (TPSA) is 121 Å². The number of aromatic nitrogens is 4. The number of carboxylic acids is 1. The van der Waals surface area contributed by atoms with Gasteiger partial charge in [-0.2, -0.15) is 0 Å². The Morgan fingerprint density at radius 3 is 2.76 bits per heavy atom. The molecule has 0 saturated heterocycles. The fourth-order valence-electron chi connectivity index (χ4n) is 3.22. The number of nitrogens with zero attached hydrogens (tertiary/aromatic N) is 2. The van der Waals surface area contributed by atoms with E-state index in [0.717, 1.165) is 16.7 Å². The minimum atomic E-state index is -0.981. The van der Waals surface area contributed by atoms with Crippen LogP contribution in [0.4, 0.5) is 0 Å². The number of hydrogen-bond donors (Lipinski definition) is 3. The number of rotatable bonds is 5. The second kappa shape index (κ2) is 7.23. The van der Waals surface area contributed by atoms with Crippen LogP contribution in [-0.2, 0) is 0 Å². The lowest BCUT2D eigenvalue weighted by Crippen LogP contribution is -2.10. The number of carboxylic acid groups (broad SMARTS) is 1. The maximum Gasteiger partial charge on any atom is 0.335 e. The summed E-state index contributed by atoms with van der Waals surface area (Å²) in [5, 5.41) is 9.33. The van der Waals surface area contributed by atoms with Crippen molar-refractivity contribution in [3.05, 3.63) is 64.2 Å². The first-order valence-corrected chi connectivity index (χ1v) is 9.02. The number of H-pyrrole nitrogens is 2. The molecule has 29 heavy (non-hydrogen) atoms. The average Bonchev–Trinajstić information content (AvgIpc) is 3.17. The Morgan fingerprint density at radius 2 is 2.00 bits per heavy atom. The highest BCUT2D eigenvalue weighted by Crippen LogP contribution is 2.33. The van der Waals surface area contributed by atoms with Gasteiger partial charge >= 0.3 is 5.97 Å². The normalized spacial score (nSPS) is 11.0. The number of benzene rings is 2. The van der Waals surface area contributed by atoms with Crippen molar-refractivity contribution >= 4 is 17.1 Å². The minimum absolute atomic E-state index is 0.219. The first-order chi connectivity index (χ1) is 14.0. The van der Waals surface area contributed by atoms with Crippen molar-refractivity contribution in [2.45, 2.75) is 13.8 Å². The van der Waals surface area contributed by atoms with Gasteiger partial charge in [-0.3, -0.25) is 4.79 Å². The van der Waals surface area contributed by atoms with E-state index >= 15 is 0 Å². The third-order valence-electron chi connectivity index (χ3n) is 4.49. The molecule has 0 aliphatic carbocycles. The molecule has 4 aromatic rings. The van der Waals surface area contributed by atoms with Crippen LogP contribution in [0.15, 0.2) is 47.5 Å². The highest BCUT2D eigenvalue weighted by molar-refractivity contribution is 5.90. The molecule has 0 aliphatic rings. The van der Waals surface area contributed by atoms with Crippen molar-refractivity contribution in [3.8, 4) is 28.3 Å². The van der Waals surface area contributed by atoms with Crippen LogP contribution in [0.25, 0.3) is 33.7 Å². The van der Waals surface area contributed by atoms with Crippen LogP contribution in [0.5, 0.6) is 5.75 Å². The fourth-order valence-corrected chi connectivity index (χ4v) is 3.22. The second-order valence-corrected chi connectivity index (χ2v) is 6.55. The highest BCUT2D eigenvalue weighted by Gasteiger charge is 2.15. The number of imidazole rings is 1. The van der Waals surface area contributed by atoms with Crippen LogP contribution >= 0.6 is 0 Å². The van der Waals surface area contributed by atoms with Crippen molar-refractivity contribution in [1.82, 2.24) is 19.9 Å². The maximum atomic E-state index is 12.3. The van der Waals surface area contributed by atoms with E-state index in [2.05, 4.69) is 19.9 Å². The van der Waals surface area contributed by atoms with Crippen molar-refractivity contribution < 1.29 is 14.6 Å². The van der Waals surface area contributed by atoms with Crippen LogP contribution in [0.2, 0.25) is 0 Å². The van der Waals surface area contributed by atoms with Gasteiger partial charge in [-0.1, -0.05) is 12.1 Å². The summed E-state index contributed by atoms with van der Waals surface area (Å²) < 4.78 is 5.79. The van der Waals surface area contributed by atoms with Gasteiger partial charge in [0.25, 0.3) is 5.56 Å². The lowest BCUT2D eigenvalue weighted by atomic mass is 9.98. The zero-order chi connectivity index (χ0) is 20.5. The van der Waals surface area contributed by atoms with Crippen LogP contribution in [0.1, 0.15) is 22.8 Å². The zero-order valence-corrected chi connectivity index (χ0v) is 15.8. The lowest BCUT2D eigenvalue weighted by molar-refractivity contribution is 0.0697. The Kier molecular flexibility index (Phi) is 4.59. The monoisotopic (exact) mass is 390 g/mol. The number of aromatic amines is 2. The van der Waals surface area contributed by atoms with E-state index in [9.17, 15) is 14.7 Å². The van der Waals surface area contributed by atoms with Gasteiger partial charge in [-0.25, -0.2) is 14.8 Å². The van der Waals surface area contributed by atoms with Crippen LogP contribution < -0.4 is 10.3 Å². The molecular formula is C21H18N4O4. The van der Waals surface area contributed by atoms with Gasteiger partial charge in [0, 0.05) is 0 Å². The predicted molar refractivity (Wildman–Crippen MR) is 108 cm³/mol. The molecule has 0 radical (unpaired) electrons. The predicted octanol–water partition coefficient (Wildman–Crippen LogP) is 3.39. The smallest absolute Gasteiger partial charge is 0.335 e.